The van der Waals surface area contributed by atoms with E-state index in [0.717, 1.165) is 25.7 Å². The van der Waals surface area contributed by atoms with Crippen LogP contribution in [0.3, 0.4) is 0 Å². The van der Waals surface area contributed by atoms with Crippen molar-refractivity contribution >= 4 is 16.9 Å². The van der Waals surface area contributed by atoms with E-state index in [1.807, 2.05) is 12.3 Å². The Bertz CT molecular complexity index is 748. The summed E-state index contributed by atoms with van der Waals surface area (Å²) in [5.74, 6) is -0.670. The SMILES string of the molecule is O=C(O)CCCCCCC/C=C\CCCCCCCCc1cccc2cccnc12. The third-order valence-electron chi connectivity index (χ3n) is 5.71. The van der Waals surface area contributed by atoms with Gasteiger partial charge >= 0.3 is 5.97 Å². The molecule has 0 saturated heterocycles. The maximum Gasteiger partial charge on any atom is 0.303 e. The molecule has 0 amide bonds. The average Bonchev–Trinajstić information content (AvgIpc) is 2.75. The van der Waals surface area contributed by atoms with Crippen molar-refractivity contribution in [2.45, 2.75) is 96.3 Å². The molecule has 3 heteroatoms. The summed E-state index contributed by atoms with van der Waals surface area (Å²) in [6.45, 7) is 0. The van der Waals surface area contributed by atoms with Crippen LogP contribution in [-0.4, -0.2) is 16.1 Å². The van der Waals surface area contributed by atoms with Gasteiger partial charge in [-0.1, -0.05) is 81.4 Å². The second-order valence-electron chi connectivity index (χ2n) is 8.32. The van der Waals surface area contributed by atoms with Crippen molar-refractivity contribution < 1.29 is 9.90 Å². The van der Waals surface area contributed by atoms with Gasteiger partial charge in [-0.3, -0.25) is 9.78 Å². The fraction of sp³-hybridized carbons (Fsp3) is 0.556. The van der Waals surface area contributed by atoms with Gasteiger partial charge in [0.2, 0.25) is 0 Å². The number of hydrogen-bond donors (Lipinski definition) is 1. The van der Waals surface area contributed by atoms with Crippen molar-refractivity contribution in [2.24, 2.45) is 0 Å². The quantitative estimate of drug-likeness (QED) is 0.213. The first-order chi connectivity index (χ1) is 14.8. The molecule has 1 heterocycles. The van der Waals surface area contributed by atoms with Crippen molar-refractivity contribution in [2.75, 3.05) is 0 Å². The number of fused-ring (bicyclic) bond motifs is 1. The largest absolute Gasteiger partial charge is 0.481 e. The Morgan fingerprint density at radius 1 is 0.767 bits per heavy atom. The molecule has 0 aliphatic heterocycles. The zero-order valence-electron chi connectivity index (χ0n) is 18.5. The third kappa shape index (κ3) is 10.6. The van der Waals surface area contributed by atoms with E-state index in [9.17, 15) is 4.79 Å². The summed E-state index contributed by atoms with van der Waals surface area (Å²) >= 11 is 0. The van der Waals surface area contributed by atoms with Gasteiger partial charge < -0.3 is 5.11 Å². The number of benzene rings is 1. The highest BCUT2D eigenvalue weighted by Crippen LogP contribution is 2.19. The van der Waals surface area contributed by atoms with E-state index >= 15 is 0 Å². The van der Waals surface area contributed by atoms with E-state index in [-0.39, 0.29) is 0 Å². The number of nitrogens with zero attached hydrogens (tertiary/aromatic N) is 1. The monoisotopic (exact) mass is 409 g/mol. The molecular weight excluding hydrogens is 370 g/mol. The zero-order chi connectivity index (χ0) is 21.3. The number of aliphatic carboxylic acids is 1. The van der Waals surface area contributed by atoms with E-state index in [1.165, 1.54) is 80.7 Å². The highest BCUT2D eigenvalue weighted by atomic mass is 16.4. The molecule has 30 heavy (non-hydrogen) atoms. The van der Waals surface area contributed by atoms with Crippen LogP contribution in [0, 0.1) is 0 Å². The van der Waals surface area contributed by atoms with E-state index in [4.69, 9.17) is 5.11 Å². The molecular formula is C27H39NO2. The van der Waals surface area contributed by atoms with Gasteiger partial charge in [-0.2, -0.15) is 0 Å². The number of para-hydroxylation sites is 1. The van der Waals surface area contributed by atoms with Crippen LogP contribution in [-0.2, 0) is 11.2 Å². The lowest BCUT2D eigenvalue weighted by Crippen LogP contribution is -1.93. The van der Waals surface area contributed by atoms with Crippen LogP contribution in [0.15, 0.2) is 48.7 Å². The second kappa shape index (κ2) is 15.6. The summed E-state index contributed by atoms with van der Waals surface area (Å²) in [5, 5.41) is 9.84. The molecule has 0 radical (unpaired) electrons. The number of allylic oxidation sites excluding steroid dienone is 2. The Labute approximate surface area is 182 Å². The number of carbonyl (C=O) groups is 1. The summed E-state index contributed by atoms with van der Waals surface area (Å²) in [7, 11) is 0. The molecule has 0 saturated carbocycles. The Morgan fingerprint density at radius 2 is 1.37 bits per heavy atom. The maximum atomic E-state index is 10.4. The molecule has 0 bridgehead atoms. The number of aromatic nitrogens is 1. The van der Waals surface area contributed by atoms with E-state index in [1.54, 1.807) is 0 Å². The molecule has 164 valence electrons. The highest BCUT2D eigenvalue weighted by molar-refractivity contribution is 5.81. The minimum Gasteiger partial charge on any atom is -0.481 e. The normalized spacial score (nSPS) is 11.5. The lowest BCUT2D eigenvalue weighted by atomic mass is 10.0. The van der Waals surface area contributed by atoms with Crippen LogP contribution in [0.5, 0.6) is 0 Å². The predicted octanol–water partition coefficient (Wildman–Crippen LogP) is 7.88. The Hall–Kier alpha value is -2.16. The van der Waals surface area contributed by atoms with Crippen LogP contribution >= 0.6 is 0 Å². The smallest absolute Gasteiger partial charge is 0.303 e. The van der Waals surface area contributed by atoms with Gasteiger partial charge in [-0.25, -0.2) is 0 Å². The van der Waals surface area contributed by atoms with Gasteiger partial charge in [-0.15, -0.1) is 0 Å². The van der Waals surface area contributed by atoms with Gasteiger partial charge in [0, 0.05) is 18.0 Å². The molecule has 2 aromatic rings. The van der Waals surface area contributed by atoms with Crippen LogP contribution < -0.4 is 0 Å². The molecule has 0 aliphatic rings. The Balaban J connectivity index is 1.38. The summed E-state index contributed by atoms with van der Waals surface area (Å²) in [4.78, 5) is 15.0. The number of aryl methyl sites for hydroxylation is 1. The van der Waals surface area contributed by atoms with Crippen LogP contribution in [0.1, 0.15) is 95.5 Å². The van der Waals surface area contributed by atoms with Crippen molar-refractivity contribution in [1.82, 2.24) is 4.98 Å². The number of carboxylic acid groups (broad SMARTS) is 1. The zero-order valence-corrected chi connectivity index (χ0v) is 18.5. The van der Waals surface area contributed by atoms with Gasteiger partial charge in [0.15, 0.2) is 0 Å². The van der Waals surface area contributed by atoms with Gasteiger partial charge in [-0.05, 0) is 56.6 Å². The Morgan fingerprint density at radius 3 is 2.07 bits per heavy atom. The standard InChI is InChI=1S/C27H39NO2/c29-26(30)22-15-13-11-9-7-5-3-1-2-4-6-8-10-12-14-18-24-19-16-20-25-21-17-23-28-27(24)25/h1,3,16-17,19-21,23H,2,4-15,18,22H2,(H,29,30)/b3-1-. The van der Waals surface area contributed by atoms with Crippen molar-refractivity contribution in [3.63, 3.8) is 0 Å². The lowest BCUT2D eigenvalue weighted by Gasteiger charge is -2.05. The van der Waals surface area contributed by atoms with Gasteiger partial charge in [0.05, 0.1) is 5.52 Å². The van der Waals surface area contributed by atoms with Gasteiger partial charge in [0.25, 0.3) is 0 Å². The van der Waals surface area contributed by atoms with E-state index < -0.39 is 5.97 Å². The third-order valence-corrected chi connectivity index (χ3v) is 5.71. The summed E-state index contributed by atoms with van der Waals surface area (Å²) in [5.41, 5.74) is 2.56. The maximum absolute atomic E-state index is 10.4. The van der Waals surface area contributed by atoms with Crippen molar-refractivity contribution in [3.05, 3.63) is 54.2 Å². The highest BCUT2D eigenvalue weighted by Gasteiger charge is 2.01. The van der Waals surface area contributed by atoms with Crippen LogP contribution in [0.25, 0.3) is 10.9 Å². The Kier molecular flexibility index (Phi) is 12.6. The molecule has 0 atom stereocenters. The van der Waals surface area contributed by atoms with Crippen LogP contribution in [0.4, 0.5) is 0 Å². The number of hydrogen-bond acceptors (Lipinski definition) is 2. The lowest BCUT2D eigenvalue weighted by molar-refractivity contribution is -0.137. The predicted molar refractivity (Wildman–Crippen MR) is 127 cm³/mol. The van der Waals surface area contributed by atoms with Gasteiger partial charge in [0.1, 0.15) is 0 Å². The number of pyridine rings is 1. The minimum absolute atomic E-state index is 0.321. The fourth-order valence-electron chi connectivity index (χ4n) is 3.96. The first-order valence-corrected chi connectivity index (χ1v) is 12.0. The summed E-state index contributed by atoms with van der Waals surface area (Å²) in [6.07, 6.45) is 23.8. The molecule has 1 N–H and O–H groups in total. The second-order valence-corrected chi connectivity index (χ2v) is 8.32. The minimum atomic E-state index is -0.670. The molecule has 3 nitrogen and oxygen atoms in total. The number of unbranched alkanes of at least 4 members (excludes halogenated alkanes) is 11. The first kappa shape index (κ1) is 24.1. The van der Waals surface area contributed by atoms with E-state index in [2.05, 4.69) is 41.4 Å². The van der Waals surface area contributed by atoms with Crippen molar-refractivity contribution in [3.8, 4) is 0 Å². The van der Waals surface area contributed by atoms with Crippen LogP contribution in [0.2, 0.25) is 0 Å². The number of carboxylic acids is 1. The fourth-order valence-corrected chi connectivity index (χ4v) is 3.96. The average molecular weight is 410 g/mol. The topological polar surface area (TPSA) is 50.2 Å². The first-order valence-electron chi connectivity index (χ1n) is 12.0. The summed E-state index contributed by atoms with van der Waals surface area (Å²) in [6, 6.07) is 10.7. The molecule has 1 aromatic heterocycles. The van der Waals surface area contributed by atoms with E-state index in [0.29, 0.717) is 6.42 Å². The molecule has 2 rings (SSSR count). The number of rotatable bonds is 17. The van der Waals surface area contributed by atoms with Crippen molar-refractivity contribution in [1.29, 1.82) is 0 Å². The molecule has 0 spiro atoms. The molecule has 0 aliphatic carbocycles. The molecule has 1 aromatic carbocycles. The molecule has 0 unspecified atom stereocenters. The molecule has 0 fully saturated rings. The summed E-state index contributed by atoms with van der Waals surface area (Å²) < 4.78 is 0.